The first-order valence-corrected chi connectivity index (χ1v) is 8.26. The van der Waals surface area contributed by atoms with Gasteiger partial charge in [-0.05, 0) is 24.3 Å². The van der Waals surface area contributed by atoms with Gasteiger partial charge in [0.2, 0.25) is 0 Å². The topological polar surface area (TPSA) is 141 Å². The van der Waals surface area contributed by atoms with Crippen LogP contribution in [0.5, 0.6) is 11.5 Å². The largest absolute Gasteiger partial charge is 0.456 e. The SMILES string of the molecule is COC(=O)N(C)OOC(=O)c1cc(Oc2ccc(C(F)(F)F)cc2C#N)ccc1[N+](=O)[O-]. The number of nitro benzene ring substituents is 1. The minimum Gasteiger partial charge on any atom is -0.456 e. The summed E-state index contributed by atoms with van der Waals surface area (Å²) in [4.78, 5) is 42.4. The lowest BCUT2D eigenvalue weighted by atomic mass is 10.1. The maximum absolute atomic E-state index is 12.8. The molecule has 168 valence electrons. The van der Waals surface area contributed by atoms with Crippen LogP contribution in [-0.4, -0.2) is 36.2 Å². The zero-order valence-electron chi connectivity index (χ0n) is 16.2. The Hall–Kier alpha value is -4.38. The van der Waals surface area contributed by atoms with Gasteiger partial charge in [0.1, 0.15) is 23.1 Å². The summed E-state index contributed by atoms with van der Waals surface area (Å²) in [6, 6.07) is 6.44. The molecular weight excluding hydrogens is 443 g/mol. The molecule has 0 bridgehead atoms. The van der Waals surface area contributed by atoms with Gasteiger partial charge in [0.25, 0.3) is 5.69 Å². The molecule has 0 aliphatic heterocycles. The summed E-state index contributed by atoms with van der Waals surface area (Å²) in [6.45, 7) is 0. The molecule has 2 aromatic carbocycles. The first kappa shape index (κ1) is 23.9. The molecule has 11 nitrogen and oxygen atoms in total. The van der Waals surface area contributed by atoms with Gasteiger partial charge >= 0.3 is 18.2 Å². The van der Waals surface area contributed by atoms with Crippen LogP contribution < -0.4 is 4.74 Å². The third-order valence-corrected chi connectivity index (χ3v) is 3.70. The Bertz CT molecular complexity index is 1100. The molecular formula is C18H12F3N3O8. The Morgan fingerprint density at radius 1 is 1.19 bits per heavy atom. The third kappa shape index (κ3) is 5.61. The van der Waals surface area contributed by atoms with Crippen molar-refractivity contribution in [3.63, 3.8) is 0 Å². The molecule has 0 saturated carbocycles. The Morgan fingerprint density at radius 2 is 1.88 bits per heavy atom. The van der Waals surface area contributed by atoms with Gasteiger partial charge in [0.15, 0.2) is 0 Å². The average Bonchev–Trinajstić information content (AvgIpc) is 2.75. The summed E-state index contributed by atoms with van der Waals surface area (Å²) in [5.74, 6) is -1.93. The van der Waals surface area contributed by atoms with Crippen LogP contribution >= 0.6 is 0 Å². The molecule has 2 aromatic rings. The number of alkyl halides is 3. The van der Waals surface area contributed by atoms with E-state index in [4.69, 9.17) is 10.00 Å². The first-order chi connectivity index (χ1) is 15.0. The second-order valence-corrected chi connectivity index (χ2v) is 5.77. The second kappa shape index (κ2) is 9.62. The maximum atomic E-state index is 12.8. The van der Waals surface area contributed by atoms with Gasteiger partial charge in [-0.1, -0.05) is 4.99 Å². The number of halogens is 3. The number of nitro groups is 1. The highest BCUT2D eigenvalue weighted by atomic mass is 19.4. The molecule has 14 heteroatoms. The number of hydroxylamine groups is 2. The Morgan fingerprint density at radius 3 is 2.44 bits per heavy atom. The lowest BCUT2D eigenvalue weighted by Crippen LogP contribution is -2.28. The van der Waals surface area contributed by atoms with Gasteiger partial charge in [-0.25, -0.2) is 9.59 Å². The lowest BCUT2D eigenvalue weighted by Gasteiger charge is -2.13. The van der Waals surface area contributed by atoms with Crippen molar-refractivity contribution < 1.29 is 47.0 Å². The predicted molar refractivity (Wildman–Crippen MR) is 96.0 cm³/mol. The quantitative estimate of drug-likeness (QED) is 0.359. The molecule has 32 heavy (non-hydrogen) atoms. The number of methoxy groups -OCH3 is 1. The van der Waals surface area contributed by atoms with E-state index in [2.05, 4.69) is 14.6 Å². The van der Waals surface area contributed by atoms with Crippen molar-refractivity contribution >= 4 is 17.7 Å². The fraction of sp³-hybridized carbons (Fsp3) is 0.167. The number of hydrogen-bond donors (Lipinski definition) is 0. The van der Waals surface area contributed by atoms with Gasteiger partial charge in [-0.3, -0.25) is 15.0 Å². The fourth-order valence-corrected chi connectivity index (χ4v) is 2.20. The van der Waals surface area contributed by atoms with Crippen molar-refractivity contribution in [3.8, 4) is 17.6 Å². The lowest BCUT2D eigenvalue weighted by molar-refractivity contribution is -0.386. The number of carbonyl (C=O) groups is 2. The second-order valence-electron chi connectivity index (χ2n) is 5.77. The number of carbonyl (C=O) groups excluding carboxylic acids is 2. The smallest absolute Gasteiger partial charge is 0.436 e. The molecule has 0 spiro atoms. The third-order valence-electron chi connectivity index (χ3n) is 3.70. The summed E-state index contributed by atoms with van der Waals surface area (Å²) >= 11 is 0. The van der Waals surface area contributed by atoms with Crippen LogP contribution in [0.2, 0.25) is 0 Å². The minimum absolute atomic E-state index is 0.236. The van der Waals surface area contributed by atoms with Crippen LogP contribution in [-0.2, 0) is 20.8 Å². The number of rotatable bonds is 6. The van der Waals surface area contributed by atoms with Crippen LogP contribution in [0, 0.1) is 21.4 Å². The number of nitriles is 1. The molecule has 0 fully saturated rings. The summed E-state index contributed by atoms with van der Waals surface area (Å²) in [6.07, 6.45) is -5.73. The number of hydrogen-bond acceptors (Lipinski definition) is 9. The zero-order valence-corrected chi connectivity index (χ0v) is 16.2. The minimum atomic E-state index is -4.69. The number of ether oxygens (including phenoxy) is 2. The van der Waals surface area contributed by atoms with Gasteiger partial charge in [0.05, 0.1) is 23.2 Å². The van der Waals surface area contributed by atoms with Crippen LogP contribution in [0.25, 0.3) is 0 Å². The van der Waals surface area contributed by atoms with Crippen molar-refractivity contribution in [1.82, 2.24) is 5.06 Å². The Balaban J connectivity index is 2.34. The Labute approximate surface area is 177 Å². The van der Waals surface area contributed by atoms with E-state index < -0.39 is 45.5 Å². The molecule has 0 unspecified atom stereocenters. The van der Waals surface area contributed by atoms with Gasteiger partial charge in [0, 0.05) is 19.2 Å². The highest BCUT2D eigenvalue weighted by molar-refractivity contribution is 5.94. The van der Waals surface area contributed by atoms with E-state index in [9.17, 15) is 32.9 Å². The molecule has 0 atom stereocenters. The molecule has 0 heterocycles. The molecule has 2 rings (SSSR count). The summed E-state index contributed by atoms with van der Waals surface area (Å²) < 4.78 is 48.1. The molecule has 0 aromatic heterocycles. The van der Waals surface area contributed by atoms with E-state index in [1.165, 1.54) is 0 Å². The predicted octanol–water partition coefficient (Wildman–Crippen LogP) is 3.98. The molecule has 0 saturated heterocycles. The van der Waals surface area contributed by atoms with Gasteiger partial charge < -0.3 is 9.47 Å². The molecule has 1 amide bonds. The summed E-state index contributed by atoms with van der Waals surface area (Å²) in [5.41, 5.74) is -2.94. The van der Waals surface area contributed by atoms with Crippen molar-refractivity contribution in [2.75, 3.05) is 14.2 Å². The first-order valence-electron chi connectivity index (χ1n) is 8.26. The van der Waals surface area contributed by atoms with Crippen molar-refractivity contribution in [2.45, 2.75) is 6.18 Å². The number of benzene rings is 2. The summed E-state index contributed by atoms with van der Waals surface area (Å²) in [7, 11) is 2.05. The monoisotopic (exact) mass is 455 g/mol. The maximum Gasteiger partial charge on any atom is 0.436 e. The molecule has 0 aliphatic carbocycles. The van der Waals surface area contributed by atoms with Gasteiger partial charge in [-0.15, -0.1) is 5.06 Å². The normalized spacial score (nSPS) is 10.6. The highest BCUT2D eigenvalue weighted by Crippen LogP contribution is 2.35. The Kier molecular flexibility index (Phi) is 7.18. The fourth-order valence-electron chi connectivity index (χ4n) is 2.20. The van der Waals surface area contributed by atoms with E-state index in [0.29, 0.717) is 17.2 Å². The van der Waals surface area contributed by atoms with E-state index in [0.717, 1.165) is 38.4 Å². The van der Waals surface area contributed by atoms with Crippen LogP contribution in [0.15, 0.2) is 36.4 Å². The number of amides is 1. The highest BCUT2D eigenvalue weighted by Gasteiger charge is 2.31. The zero-order chi connectivity index (χ0) is 24.1. The van der Waals surface area contributed by atoms with Crippen LogP contribution in [0.1, 0.15) is 21.5 Å². The molecule has 0 aliphatic rings. The van der Waals surface area contributed by atoms with Crippen LogP contribution in [0.4, 0.5) is 23.7 Å². The average molecular weight is 455 g/mol. The van der Waals surface area contributed by atoms with Crippen molar-refractivity contribution in [3.05, 3.63) is 63.2 Å². The van der Waals surface area contributed by atoms with Crippen LogP contribution in [0.3, 0.4) is 0 Å². The van der Waals surface area contributed by atoms with E-state index in [-0.39, 0.29) is 11.5 Å². The standard InChI is InChI=1S/C18H12F3N3O8/c1-23(17(26)29-2)32-31-16(25)13-8-12(4-5-14(13)24(27)28)30-15-6-3-11(18(19,20)21)7-10(15)9-22/h3-8H,1-2H3. The van der Waals surface area contributed by atoms with Crippen molar-refractivity contribution in [2.24, 2.45) is 0 Å². The van der Waals surface area contributed by atoms with Crippen molar-refractivity contribution in [1.29, 1.82) is 5.26 Å². The molecule has 0 radical (unpaired) electrons. The van der Waals surface area contributed by atoms with E-state index in [1.807, 2.05) is 0 Å². The van der Waals surface area contributed by atoms with Gasteiger partial charge in [-0.2, -0.15) is 18.4 Å². The molecule has 0 N–H and O–H groups in total. The van der Waals surface area contributed by atoms with E-state index >= 15 is 0 Å². The summed E-state index contributed by atoms with van der Waals surface area (Å²) in [5, 5.41) is 20.7. The number of nitrogens with zero attached hydrogens (tertiary/aromatic N) is 3. The van der Waals surface area contributed by atoms with E-state index in [1.54, 1.807) is 6.07 Å².